The average molecular weight is 527 g/mol. The van der Waals surface area contributed by atoms with Crippen molar-refractivity contribution in [3.8, 4) is 0 Å². The van der Waals surface area contributed by atoms with E-state index in [1.807, 2.05) is 79.9 Å². The molecule has 0 spiro atoms. The fraction of sp³-hybridized carbons (Fsp3) is 0.321. The molecular formula is C28H31ClN2O4S. The average Bonchev–Trinajstić information content (AvgIpc) is 3.40. The molecule has 2 heterocycles. The molecule has 1 aromatic heterocycles. The van der Waals surface area contributed by atoms with Crippen LogP contribution in [-0.4, -0.2) is 36.2 Å². The normalized spacial score (nSPS) is 21.0. The van der Waals surface area contributed by atoms with E-state index in [9.17, 15) is 9.59 Å². The zero-order valence-electron chi connectivity index (χ0n) is 20.9. The molecule has 0 aliphatic carbocycles. The van der Waals surface area contributed by atoms with Crippen LogP contribution in [0.15, 0.2) is 83.5 Å². The van der Waals surface area contributed by atoms with Crippen LogP contribution in [0.5, 0.6) is 0 Å². The van der Waals surface area contributed by atoms with E-state index in [2.05, 4.69) is 10.3 Å². The first kappa shape index (κ1) is 27.4. The lowest BCUT2D eigenvalue weighted by Crippen LogP contribution is -2.60. The third-order valence-electron chi connectivity index (χ3n) is 6.06. The van der Waals surface area contributed by atoms with Crippen molar-refractivity contribution in [2.45, 2.75) is 45.1 Å². The molecular weight excluding hydrogens is 496 g/mol. The number of nitrogens with one attached hydrogen (secondary N) is 1. The summed E-state index contributed by atoms with van der Waals surface area (Å²) in [5, 5.41) is 6.66. The van der Waals surface area contributed by atoms with Gasteiger partial charge in [-0.3, -0.25) is 4.79 Å². The smallest absolute Gasteiger partial charge is 0.336 e. The van der Waals surface area contributed by atoms with E-state index in [-0.39, 0.29) is 25.2 Å². The van der Waals surface area contributed by atoms with E-state index in [0.29, 0.717) is 16.3 Å². The topological polar surface area (TPSA) is 77.5 Å². The maximum absolute atomic E-state index is 13.6. The number of rotatable bonds is 6. The van der Waals surface area contributed by atoms with Gasteiger partial charge in [0, 0.05) is 28.3 Å². The maximum atomic E-state index is 13.6. The Morgan fingerprint density at radius 3 is 2.14 bits per heavy atom. The number of halogens is 1. The standard InChI is InChI=1S/C22H26N2O4S.C6H5Cl/c1-5-27-20(25)17-14(3)24-15(4)22(21(26)28-6-2,16-10-8-7-9-11-16)18(17)19-23-12-13-29-19;7-6-4-2-1-3-5-6/h7-13,15,18,24H,5-6H2,1-4H3;1-5H. The van der Waals surface area contributed by atoms with E-state index in [1.54, 1.807) is 20.0 Å². The molecule has 36 heavy (non-hydrogen) atoms. The van der Waals surface area contributed by atoms with Gasteiger partial charge in [0.15, 0.2) is 0 Å². The van der Waals surface area contributed by atoms with Gasteiger partial charge in [0.05, 0.1) is 24.7 Å². The second-order valence-corrected chi connectivity index (χ2v) is 9.54. The highest BCUT2D eigenvalue weighted by Gasteiger charge is 2.59. The zero-order chi connectivity index (χ0) is 26.1. The zero-order valence-corrected chi connectivity index (χ0v) is 22.4. The van der Waals surface area contributed by atoms with Crippen LogP contribution in [0.2, 0.25) is 5.02 Å². The maximum Gasteiger partial charge on any atom is 0.336 e. The highest BCUT2D eigenvalue weighted by atomic mass is 35.5. The highest BCUT2D eigenvalue weighted by molar-refractivity contribution is 7.09. The number of ether oxygens (including phenoxy) is 2. The van der Waals surface area contributed by atoms with Gasteiger partial charge >= 0.3 is 11.9 Å². The number of carbonyl (C=O) groups is 2. The van der Waals surface area contributed by atoms with E-state index in [0.717, 1.165) is 10.6 Å². The minimum Gasteiger partial charge on any atom is -0.465 e. The van der Waals surface area contributed by atoms with Gasteiger partial charge in [-0.05, 0) is 45.4 Å². The van der Waals surface area contributed by atoms with E-state index < -0.39 is 17.3 Å². The molecule has 0 bridgehead atoms. The van der Waals surface area contributed by atoms with Crippen LogP contribution in [0.25, 0.3) is 0 Å². The van der Waals surface area contributed by atoms with Crippen LogP contribution < -0.4 is 5.32 Å². The van der Waals surface area contributed by atoms with Crippen LogP contribution in [-0.2, 0) is 24.5 Å². The Morgan fingerprint density at radius 2 is 1.64 bits per heavy atom. The van der Waals surface area contributed by atoms with Crippen molar-refractivity contribution in [3.05, 3.63) is 99.1 Å². The van der Waals surface area contributed by atoms with Gasteiger partial charge in [-0.15, -0.1) is 11.3 Å². The monoisotopic (exact) mass is 526 g/mol. The van der Waals surface area contributed by atoms with Crippen molar-refractivity contribution < 1.29 is 19.1 Å². The molecule has 4 rings (SSSR count). The quantitative estimate of drug-likeness (QED) is 0.403. The number of thiazole rings is 1. The van der Waals surface area contributed by atoms with Gasteiger partial charge in [-0.25, -0.2) is 9.78 Å². The van der Waals surface area contributed by atoms with Gasteiger partial charge < -0.3 is 14.8 Å². The third-order valence-corrected chi connectivity index (χ3v) is 7.15. The summed E-state index contributed by atoms with van der Waals surface area (Å²) in [6.45, 7) is 7.80. The summed E-state index contributed by atoms with van der Waals surface area (Å²) in [6.07, 6.45) is 1.69. The largest absolute Gasteiger partial charge is 0.465 e. The molecule has 0 amide bonds. The van der Waals surface area contributed by atoms with Gasteiger partial charge in [-0.2, -0.15) is 0 Å². The fourth-order valence-electron chi connectivity index (χ4n) is 4.59. The Balaban J connectivity index is 0.000000444. The summed E-state index contributed by atoms with van der Waals surface area (Å²) in [5.41, 5.74) is 0.702. The van der Waals surface area contributed by atoms with E-state index >= 15 is 0 Å². The Kier molecular flexibility index (Phi) is 9.67. The first-order valence-corrected chi connectivity index (χ1v) is 13.1. The predicted octanol–water partition coefficient (Wildman–Crippen LogP) is 5.90. The number of esters is 2. The molecule has 1 N–H and O–H groups in total. The number of aromatic nitrogens is 1. The molecule has 8 heteroatoms. The molecule has 3 unspecified atom stereocenters. The lowest BCUT2D eigenvalue weighted by Gasteiger charge is -2.47. The Labute approximate surface area is 221 Å². The second-order valence-electron chi connectivity index (χ2n) is 8.18. The van der Waals surface area contributed by atoms with Crippen molar-refractivity contribution >= 4 is 34.9 Å². The van der Waals surface area contributed by atoms with Crippen LogP contribution in [0, 0.1) is 0 Å². The predicted molar refractivity (Wildman–Crippen MR) is 143 cm³/mol. The summed E-state index contributed by atoms with van der Waals surface area (Å²) in [6, 6.07) is 18.6. The number of hydrogen-bond donors (Lipinski definition) is 1. The summed E-state index contributed by atoms with van der Waals surface area (Å²) in [5.74, 6) is -1.46. The molecule has 0 radical (unpaired) electrons. The summed E-state index contributed by atoms with van der Waals surface area (Å²) in [4.78, 5) is 31.1. The first-order valence-electron chi connectivity index (χ1n) is 11.8. The summed E-state index contributed by atoms with van der Waals surface area (Å²) in [7, 11) is 0. The minimum atomic E-state index is -1.17. The Hall–Kier alpha value is -3.16. The number of carbonyl (C=O) groups excluding carboxylic acids is 2. The van der Waals surface area contributed by atoms with Gasteiger partial charge in [-0.1, -0.05) is 60.1 Å². The Morgan fingerprint density at radius 1 is 1.03 bits per heavy atom. The van der Waals surface area contributed by atoms with E-state index in [1.165, 1.54) is 11.3 Å². The van der Waals surface area contributed by atoms with Gasteiger partial charge in [0.2, 0.25) is 0 Å². The van der Waals surface area contributed by atoms with Crippen molar-refractivity contribution in [2.24, 2.45) is 0 Å². The SMILES string of the molecule is CCOC(=O)C1=C(C)NC(C)C(C(=O)OCC)(c2ccccc2)C1c1nccs1.Clc1ccccc1. The molecule has 6 nitrogen and oxygen atoms in total. The lowest BCUT2D eigenvalue weighted by molar-refractivity contribution is -0.153. The number of hydrogen-bond acceptors (Lipinski definition) is 7. The first-order chi connectivity index (χ1) is 17.4. The van der Waals surface area contributed by atoms with Crippen LogP contribution in [0.3, 0.4) is 0 Å². The summed E-state index contributed by atoms with van der Waals surface area (Å²) >= 11 is 6.96. The van der Waals surface area contributed by atoms with Crippen molar-refractivity contribution in [3.63, 3.8) is 0 Å². The van der Waals surface area contributed by atoms with Crippen molar-refractivity contribution in [1.29, 1.82) is 0 Å². The highest BCUT2D eigenvalue weighted by Crippen LogP contribution is 2.51. The molecule has 3 atom stereocenters. The molecule has 2 aromatic carbocycles. The summed E-state index contributed by atoms with van der Waals surface area (Å²) < 4.78 is 11.0. The van der Waals surface area contributed by atoms with Crippen LogP contribution in [0.1, 0.15) is 44.2 Å². The lowest BCUT2D eigenvalue weighted by atomic mass is 9.61. The molecule has 1 aliphatic rings. The molecule has 0 saturated heterocycles. The molecule has 3 aromatic rings. The van der Waals surface area contributed by atoms with Gasteiger partial charge in [0.25, 0.3) is 0 Å². The Bertz CT molecular complexity index is 1170. The molecule has 190 valence electrons. The molecule has 0 fully saturated rings. The van der Waals surface area contributed by atoms with Crippen LogP contribution in [0.4, 0.5) is 0 Å². The number of nitrogens with zero attached hydrogens (tertiary/aromatic N) is 1. The van der Waals surface area contributed by atoms with Gasteiger partial charge in [0.1, 0.15) is 10.4 Å². The van der Waals surface area contributed by atoms with E-state index in [4.69, 9.17) is 21.1 Å². The van der Waals surface area contributed by atoms with Crippen molar-refractivity contribution in [2.75, 3.05) is 13.2 Å². The minimum absolute atomic E-state index is 0.238. The second kappa shape index (κ2) is 12.7. The molecule has 0 saturated carbocycles. The fourth-order valence-corrected chi connectivity index (χ4v) is 5.56. The molecule has 1 aliphatic heterocycles. The number of allylic oxidation sites excluding steroid dienone is 1. The number of benzene rings is 2. The van der Waals surface area contributed by atoms with Crippen LogP contribution >= 0.6 is 22.9 Å². The third kappa shape index (κ3) is 5.63. The van der Waals surface area contributed by atoms with Crippen molar-refractivity contribution in [1.82, 2.24) is 10.3 Å².